The van der Waals surface area contributed by atoms with E-state index in [9.17, 15) is 8.78 Å². The Kier molecular flexibility index (Phi) is 4.42. The van der Waals surface area contributed by atoms with E-state index in [1.54, 1.807) is 24.3 Å². The molecule has 0 spiro atoms. The summed E-state index contributed by atoms with van der Waals surface area (Å²) in [4.78, 5) is 0. The number of benzene rings is 2. The van der Waals surface area contributed by atoms with Crippen LogP contribution in [-0.2, 0) is 0 Å². The summed E-state index contributed by atoms with van der Waals surface area (Å²) in [6, 6.07) is 9.14. The van der Waals surface area contributed by atoms with Crippen molar-refractivity contribution in [1.29, 1.82) is 0 Å². The third-order valence-corrected chi connectivity index (χ3v) is 3.80. The average molecular weight is 348 g/mol. The van der Waals surface area contributed by atoms with Crippen LogP contribution in [-0.4, -0.2) is 7.11 Å². The number of ether oxygens (including phenoxy) is 1. The van der Waals surface area contributed by atoms with E-state index in [1.807, 2.05) is 0 Å². The highest BCUT2D eigenvalue weighted by Gasteiger charge is 2.20. The molecule has 2 aromatic carbocycles. The molecule has 100 valence electrons. The van der Waals surface area contributed by atoms with E-state index in [0.29, 0.717) is 11.3 Å². The molecule has 0 aliphatic rings. The van der Waals surface area contributed by atoms with Gasteiger partial charge in [-0.15, -0.1) is 11.6 Å². The topological polar surface area (TPSA) is 9.23 Å². The van der Waals surface area contributed by atoms with E-state index in [-0.39, 0.29) is 10.0 Å². The normalized spacial score (nSPS) is 12.3. The van der Waals surface area contributed by atoms with Crippen LogP contribution in [0, 0.1) is 11.6 Å². The van der Waals surface area contributed by atoms with E-state index in [4.69, 9.17) is 16.3 Å². The Morgan fingerprint density at radius 1 is 1.11 bits per heavy atom. The first-order valence-corrected chi connectivity index (χ1v) is 6.69. The van der Waals surface area contributed by atoms with E-state index in [0.717, 1.165) is 12.1 Å². The quantitative estimate of drug-likeness (QED) is 0.557. The molecule has 2 aromatic rings. The smallest absolute Gasteiger partial charge is 0.137 e. The van der Waals surface area contributed by atoms with Crippen molar-refractivity contribution in [2.45, 2.75) is 5.38 Å². The second-order valence-corrected chi connectivity index (χ2v) is 5.18. The zero-order valence-corrected chi connectivity index (χ0v) is 12.3. The van der Waals surface area contributed by atoms with Gasteiger partial charge in [-0.1, -0.05) is 18.2 Å². The average Bonchev–Trinajstić information content (AvgIpc) is 2.42. The fraction of sp³-hybridized carbons (Fsp3) is 0.143. The largest absolute Gasteiger partial charge is 0.496 e. The Labute approximate surface area is 123 Å². The van der Waals surface area contributed by atoms with Gasteiger partial charge in [-0.25, -0.2) is 8.78 Å². The van der Waals surface area contributed by atoms with Gasteiger partial charge in [0.1, 0.15) is 17.4 Å². The van der Waals surface area contributed by atoms with E-state index < -0.39 is 17.0 Å². The van der Waals surface area contributed by atoms with Crippen molar-refractivity contribution >= 4 is 27.5 Å². The van der Waals surface area contributed by atoms with Crippen LogP contribution in [0.1, 0.15) is 16.5 Å². The molecule has 1 nitrogen and oxygen atoms in total. The van der Waals surface area contributed by atoms with Crippen LogP contribution in [0.3, 0.4) is 0 Å². The lowest BCUT2D eigenvalue weighted by atomic mass is 10.0. The molecule has 0 saturated carbocycles. The molecule has 0 N–H and O–H groups in total. The Morgan fingerprint density at radius 2 is 1.79 bits per heavy atom. The first-order chi connectivity index (χ1) is 9.04. The molecule has 0 saturated heterocycles. The molecule has 1 atom stereocenters. The summed E-state index contributed by atoms with van der Waals surface area (Å²) in [5.74, 6) is -0.596. The maximum Gasteiger partial charge on any atom is 0.137 e. The molecule has 1 unspecified atom stereocenters. The third-order valence-electron chi connectivity index (χ3n) is 2.72. The molecule has 19 heavy (non-hydrogen) atoms. The number of para-hydroxylation sites is 1. The van der Waals surface area contributed by atoms with Crippen molar-refractivity contribution < 1.29 is 13.5 Å². The van der Waals surface area contributed by atoms with Crippen LogP contribution in [0.4, 0.5) is 8.78 Å². The predicted octanol–water partition coefficient (Wildman–Crippen LogP) is 5.06. The van der Waals surface area contributed by atoms with Crippen molar-refractivity contribution in [3.8, 4) is 5.75 Å². The Morgan fingerprint density at radius 3 is 2.47 bits per heavy atom. The molecule has 0 amide bonds. The van der Waals surface area contributed by atoms with Gasteiger partial charge in [0, 0.05) is 11.1 Å². The second-order valence-electron chi connectivity index (χ2n) is 3.89. The number of hydrogen-bond donors (Lipinski definition) is 0. The van der Waals surface area contributed by atoms with Crippen molar-refractivity contribution in [3.63, 3.8) is 0 Å². The van der Waals surface area contributed by atoms with E-state index >= 15 is 0 Å². The molecule has 0 fully saturated rings. The van der Waals surface area contributed by atoms with E-state index in [2.05, 4.69) is 15.9 Å². The molecule has 0 heterocycles. The molecule has 0 radical (unpaired) electrons. The van der Waals surface area contributed by atoms with Crippen LogP contribution in [0.25, 0.3) is 0 Å². The minimum atomic E-state index is -0.821. The first-order valence-electron chi connectivity index (χ1n) is 5.46. The van der Waals surface area contributed by atoms with Gasteiger partial charge in [-0.3, -0.25) is 0 Å². The van der Waals surface area contributed by atoms with Crippen LogP contribution < -0.4 is 4.74 Å². The van der Waals surface area contributed by atoms with Crippen molar-refractivity contribution in [1.82, 2.24) is 0 Å². The number of hydrogen-bond acceptors (Lipinski definition) is 1. The van der Waals surface area contributed by atoms with Gasteiger partial charge in [0.25, 0.3) is 0 Å². The maximum absolute atomic E-state index is 13.9. The minimum Gasteiger partial charge on any atom is -0.496 e. The Hall–Kier alpha value is -1.13. The highest BCUT2D eigenvalue weighted by Crippen LogP contribution is 2.37. The van der Waals surface area contributed by atoms with Gasteiger partial charge in [0.05, 0.1) is 17.0 Å². The Bertz CT molecular complexity index is 604. The van der Waals surface area contributed by atoms with Crippen LogP contribution in [0.15, 0.2) is 40.9 Å². The van der Waals surface area contributed by atoms with Crippen molar-refractivity contribution in [2.75, 3.05) is 7.11 Å². The summed E-state index contributed by atoms with van der Waals surface area (Å²) >= 11 is 9.17. The summed E-state index contributed by atoms with van der Waals surface area (Å²) in [5.41, 5.74) is 0.666. The van der Waals surface area contributed by atoms with E-state index in [1.165, 1.54) is 7.11 Å². The number of alkyl halides is 1. The summed E-state index contributed by atoms with van der Waals surface area (Å²) in [6.45, 7) is 0. The lowest BCUT2D eigenvalue weighted by Gasteiger charge is -2.15. The standard InChI is InChI=1S/C14H10BrClF2O/c1-19-13-5-3-2-4-8(13)14(16)9-6-12(18)10(15)7-11(9)17/h2-7,14H,1H3. The van der Waals surface area contributed by atoms with Gasteiger partial charge in [-0.2, -0.15) is 0 Å². The Balaban J connectivity index is 2.50. The molecule has 0 aliphatic heterocycles. The minimum absolute atomic E-state index is 0.0673. The summed E-state index contributed by atoms with van der Waals surface area (Å²) in [6.07, 6.45) is 0. The molecule has 0 aromatic heterocycles. The lowest BCUT2D eigenvalue weighted by molar-refractivity contribution is 0.410. The highest BCUT2D eigenvalue weighted by atomic mass is 79.9. The molecule has 0 aliphatic carbocycles. The zero-order valence-electron chi connectivity index (χ0n) is 9.96. The number of rotatable bonds is 3. The fourth-order valence-corrected chi connectivity index (χ4v) is 2.44. The van der Waals surface area contributed by atoms with Gasteiger partial charge in [0.2, 0.25) is 0 Å². The molecular formula is C14H10BrClF2O. The number of methoxy groups -OCH3 is 1. The third kappa shape index (κ3) is 2.90. The van der Waals surface area contributed by atoms with Crippen molar-refractivity contribution in [2.24, 2.45) is 0 Å². The number of halogens is 4. The fourth-order valence-electron chi connectivity index (χ4n) is 1.78. The monoisotopic (exact) mass is 346 g/mol. The molecule has 2 rings (SSSR count). The highest BCUT2D eigenvalue weighted by molar-refractivity contribution is 9.10. The lowest BCUT2D eigenvalue weighted by Crippen LogP contribution is -2.01. The SMILES string of the molecule is COc1ccccc1C(Cl)c1cc(F)c(Br)cc1F. The van der Waals surface area contributed by atoms with Crippen LogP contribution >= 0.6 is 27.5 Å². The van der Waals surface area contributed by atoms with Gasteiger partial charge in [-0.05, 0) is 34.1 Å². The van der Waals surface area contributed by atoms with Crippen molar-refractivity contribution in [3.05, 3.63) is 63.6 Å². The van der Waals surface area contributed by atoms with Crippen LogP contribution in [0.5, 0.6) is 5.75 Å². The summed E-state index contributed by atoms with van der Waals surface area (Å²) < 4.78 is 32.6. The molecule has 5 heteroatoms. The molecule has 0 bridgehead atoms. The first kappa shape index (κ1) is 14.3. The second kappa shape index (κ2) is 5.88. The molecular weight excluding hydrogens is 338 g/mol. The zero-order chi connectivity index (χ0) is 14.0. The maximum atomic E-state index is 13.9. The predicted molar refractivity (Wildman–Crippen MR) is 74.7 cm³/mol. The van der Waals surface area contributed by atoms with Gasteiger partial charge in [0.15, 0.2) is 0 Å². The summed E-state index contributed by atoms with van der Waals surface area (Å²) in [5, 5.41) is -0.821. The van der Waals surface area contributed by atoms with Crippen LogP contribution in [0.2, 0.25) is 0 Å². The van der Waals surface area contributed by atoms with Gasteiger partial charge >= 0.3 is 0 Å². The van der Waals surface area contributed by atoms with Gasteiger partial charge < -0.3 is 4.74 Å². The summed E-state index contributed by atoms with van der Waals surface area (Å²) in [7, 11) is 1.50.